The van der Waals surface area contributed by atoms with Crippen molar-refractivity contribution in [2.45, 2.75) is 32.6 Å². The van der Waals surface area contributed by atoms with Crippen LogP contribution in [-0.4, -0.2) is 19.4 Å². The number of carbonyl (C=O) groups excluding carboxylic acids is 1. The van der Waals surface area contributed by atoms with Crippen LogP contribution >= 0.6 is 0 Å². The molecule has 0 bridgehead atoms. The van der Waals surface area contributed by atoms with Gasteiger partial charge in [0.25, 0.3) is 0 Å². The van der Waals surface area contributed by atoms with Gasteiger partial charge in [0.2, 0.25) is 0 Å². The Morgan fingerprint density at radius 2 is 1.92 bits per heavy atom. The molecule has 0 aliphatic heterocycles. The van der Waals surface area contributed by atoms with Gasteiger partial charge in [-0.05, 0) is 52.1 Å². The largest absolute Gasteiger partial charge is 0.319 e. The first kappa shape index (κ1) is 9.72. The van der Waals surface area contributed by atoms with Gasteiger partial charge in [0.1, 0.15) is 5.78 Å². The van der Waals surface area contributed by atoms with Gasteiger partial charge in [-0.25, -0.2) is 0 Å². The molecular formula is C10H19NO. The maximum atomic E-state index is 11.0. The van der Waals surface area contributed by atoms with Crippen LogP contribution in [0.1, 0.15) is 32.6 Å². The fourth-order valence-electron chi connectivity index (χ4n) is 2.06. The minimum atomic E-state index is 0.373. The molecule has 1 rings (SSSR count). The van der Waals surface area contributed by atoms with Gasteiger partial charge in [-0.1, -0.05) is 0 Å². The van der Waals surface area contributed by atoms with Gasteiger partial charge in [-0.15, -0.1) is 0 Å². The Hall–Kier alpha value is -0.370. The number of carbonyl (C=O) groups is 1. The second-order valence-electron chi connectivity index (χ2n) is 3.89. The molecule has 1 saturated carbocycles. The second kappa shape index (κ2) is 4.61. The summed E-state index contributed by atoms with van der Waals surface area (Å²) < 4.78 is 0. The third kappa shape index (κ3) is 2.59. The molecule has 2 heteroatoms. The Morgan fingerprint density at radius 3 is 2.33 bits per heavy atom. The monoisotopic (exact) mass is 169 g/mol. The van der Waals surface area contributed by atoms with Gasteiger partial charge in [-0.2, -0.15) is 0 Å². The molecule has 0 amide bonds. The number of rotatable bonds is 3. The molecule has 0 atom stereocenters. The summed E-state index contributed by atoms with van der Waals surface area (Å²) in [5, 5.41) is 3.20. The van der Waals surface area contributed by atoms with Crippen LogP contribution in [0.25, 0.3) is 0 Å². The highest BCUT2D eigenvalue weighted by molar-refractivity contribution is 5.78. The van der Waals surface area contributed by atoms with E-state index in [4.69, 9.17) is 0 Å². The third-order valence-electron chi connectivity index (χ3n) is 2.91. The predicted molar refractivity (Wildman–Crippen MR) is 50.1 cm³/mol. The number of Topliss-reactive ketones (excluding diaryl/α,β-unsaturated/α-hetero) is 1. The zero-order valence-corrected chi connectivity index (χ0v) is 8.10. The van der Waals surface area contributed by atoms with Crippen molar-refractivity contribution in [3.63, 3.8) is 0 Å². The van der Waals surface area contributed by atoms with E-state index in [-0.39, 0.29) is 0 Å². The average Bonchev–Trinajstić information content (AvgIpc) is 2.06. The van der Waals surface area contributed by atoms with Crippen molar-refractivity contribution in [3.05, 3.63) is 0 Å². The molecule has 0 aromatic carbocycles. The van der Waals surface area contributed by atoms with Crippen molar-refractivity contribution >= 4 is 5.78 Å². The molecular weight excluding hydrogens is 150 g/mol. The number of hydrogen-bond donors (Lipinski definition) is 1. The second-order valence-corrected chi connectivity index (χ2v) is 3.89. The predicted octanol–water partition coefficient (Wildman–Crippen LogP) is 1.60. The van der Waals surface area contributed by atoms with E-state index in [0.29, 0.717) is 11.7 Å². The molecule has 0 radical (unpaired) electrons. The Kier molecular flexibility index (Phi) is 3.73. The Morgan fingerprint density at radius 1 is 1.33 bits per heavy atom. The lowest BCUT2D eigenvalue weighted by atomic mass is 9.80. The van der Waals surface area contributed by atoms with Crippen molar-refractivity contribution in [2.75, 3.05) is 13.6 Å². The van der Waals surface area contributed by atoms with Crippen LogP contribution in [0.4, 0.5) is 0 Å². The fraction of sp³-hybridized carbons (Fsp3) is 0.900. The minimum absolute atomic E-state index is 0.373. The van der Waals surface area contributed by atoms with E-state index in [2.05, 4.69) is 5.32 Å². The van der Waals surface area contributed by atoms with Gasteiger partial charge in [0.05, 0.1) is 0 Å². The van der Waals surface area contributed by atoms with Gasteiger partial charge in [0, 0.05) is 5.92 Å². The SMILES string of the molecule is CNC[C@H]1CC[C@H](C(C)=O)CC1. The van der Waals surface area contributed by atoms with E-state index < -0.39 is 0 Å². The van der Waals surface area contributed by atoms with Crippen LogP contribution < -0.4 is 5.32 Å². The lowest BCUT2D eigenvalue weighted by Gasteiger charge is -2.26. The topological polar surface area (TPSA) is 29.1 Å². The molecule has 1 N–H and O–H groups in total. The Labute approximate surface area is 74.7 Å². The summed E-state index contributed by atoms with van der Waals surface area (Å²) >= 11 is 0. The van der Waals surface area contributed by atoms with E-state index >= 15 is 0 Å². The molecule has 0 spiro atoms. The lowest BCUT2D eigenvalue weighted by molar-refractivity contribution is -0.121. The lowest BCUT2D eigenvalue weighted by Crippen LogP contribution is -2.26. The summed E-state index contributed by atoms with van der Waals surface area (Å²) in [6.07, 6.45) is 4.68. The van der Waals surface area contributed by atoms with Crippen LogP contribution in [0.2, 0.25) is 0 Å². The number of hydrogen-bond acceptors (Lipinski definition) is 2. The summed E-state index contributed by atoms with van der Waals surface area (Å²) in [6, 6.07) is 0. The van der Waals surface area contributed by atoms with Crippen LogP contribution in [0.15, 0.2) is 0 Å². The Balaban J connectivity index is 2.25. The molecule has 12 heavy (non-hydrogen) atoms. The van der Waals surface area contributed by atoms with Crippen LogP contribution in [-0.2, 0) is 4.79 Å². The van der Waals surface area contributed by atoms with E-state index in [1.165, 1.54) is 12.8 Å². The van der Waals surface area contributed by atoms with Crippen molar-refractivity contribution in [1.82, 2.24) is 5.32 Å². The molecule has 0 aromatic rings. The summed E-state index contributed by atoms with van der Waals surface area (Å²) in [4.78, 5) is 11.0. The van der Waals surface area contributed by atoms with Crippen molar-refractivity contribution in [1.29, 1.82) is 0 Å². The van der Waals surface area contributed by atoms with Gasteiger partial charge in [0.15, 0.2) is 0 Å². The highest BCUT2D eigenvalue weighted by Crippen LogP contribution is 2.28. The molecule has 1 aliphatic carbocycles. The van der Waals surface area contributed by atoms with Crippen LogP contribution in [0, 0.1) is 11.8 Å². The highest BCUT2D eigenvalue weighted by Gasteiger charge is 2.22. The zero-order chi connectivity index (χ0) is 8.97. The molecule has 70 valence electrons. The number of ketones is 1. The van der Waals surface area contributed by atoms with Crippen LogP contribution in [0.5, 0.6) is 0 Å². The van der Waals surface area contributed by atoms with Gasteiger partial charge < -0.3 is 5.32 Å². The molecule has 1 aliphatic rings. The summed E-state index contributed by atoms with van der Waals surface area (Å²) in [5.41, 5.74) is 0. The third-order valence-corrected chi connectivity index (χ3v) is 2.91. The maximum Gasteiger partial charge on any atom is 0.132 e. The molecule has 1 fully saturated rings. The normalized spacial score (nSPS) is 30.2. The van der Waals surface area contributed by atoms with E-state index in [0.717, 1.165) is 25.3 Å². The highest BCUT2D eigenvalue weighted by atomic mass is 16.1. The first-order valence-electron chi connectivity index (χ1n) is 4.89. The van der Waals surface area contributed by atoms with Gasteiger partial charge in [-0.3, -0.25) is 4.79 Å². The molecule has 0 aromatic heterocycles. The molecule has 0 heterocycles. The van der Waals surface area contributed by atoms with Crippen molar-refractivity contribution in [2.24, 2.45) is 11.8 Å². The summed E-state index contributed by atoms with van der Waals surface area (Å²) in [7, 11) is 2.00. The smallest absolute Gasteiger partial charge is 0.132 e. The summed E-state index contributed by atoms with van der Waals surface area (Å²) in [5.74, 6) is 1.57. The van der Waals surface area contributed by atoms with Crippen LogP contribution in [0.3, 0.4) is 0 Å². The maximum absolute atomic E-state index is 11.0. The Bertz CT molecular complexity index is 148. The first-order valence-corrected chi connectivity index (χ1v) is 4.89. The van der Waals surface area contributed by atoms with Crippen molar-refractivity contribution in [3.8, 4) is 0 Å². The summed E-state index contributed by atoms with van der Waals surface area (Å²) in [6.45, 7) is 2.84. The molecule has 2 nitrogen and oxygen atoms in total. The molecule has 0 unspecified atom stereocenters. The molecule has 0 saturated heterocycles. The quantitative estimate of drug-likeness (QED) is 0.695. The fourth-order valence-corrected chi connectivity index (χ4v) is 2.06. The van der Waals surface area contributed by atoms with E-state index in [9.17, 15) is 4.79 Å². The number of nitrogens with one attached hydrogen (secondary N) is 1. The van der Waals surface area contributed by atoms with Gasteiger partial charge >= 0.3 is 0 Å². The van der Waals surface area contributed by atoms with E-state index in [1.807, 2.05) is 7.05 Å². The first-order chi connectivity index (χ1) is 5.74. The zero-order valence-electron chi connectivity index (χ0n) is 8.10. The van der Waals surface area contributed by atoms with Crippen molar-refractivity contribution < 1.29 is 4.79 Å². The van der Waals surface area contributed by atoms with E-state index in [1.54, 1.807) is 6.92 Å². The average molecular weight is 169 g/mol. The standard InChI is InChI=1S/C10H19NO/c1-8(12)10-5-3-9(4-6-10)7-11-2/h9-11H,3-7H2,1-2H3/t9-,10-. The minimum Gasteiger partial charge on any atom is -0.319 e.